The molecular formula is C14H20N2O5S2. The van der Waals surface area contributed by atoms with Crippen molar-refractivity contribution in [3.05, 3.63) is 17.0 Å². The van der Waals surface area contributed by atoms with Gasteiger partial charge in [0.25, 0.3) is 10.0 Å². The predicted octanol–water partition coefficient (Wildman–Crippen LogP) is 1.05. The highest BCUT2D eigenvalue weighted by molar-refractivity contribution is 7.91. The smallest absolute Gasteiger partial charge is 0.325 e. The molecule has 1 aliphatic rings. The number of hydrogen-bond donors (Lipinski definition) is 2. The number of amides is 1. The van der Waals surface area contributed by atoms with Crippen molar-refractivity contribution in [2.24, 2.45) is 5.92 Å². The van der Waals surface area contributed by atoms with Gasteiger partial charge in [0, 0.05) is 18.0 Å². The molecule has 2 atom stereocenters. The zero-order chi connectivity index (χ0) is 17.2. The Hall–Kier alpha value is -1.45. The van der Waals surface area contributed by atoms with Crippen LogP contribution in [-0.4, -0.2) is 48.8 Å². The van der Waals surface area contributed by atoms with Gasteiger partial charge in [-0.25, -0.2) is 8.42 Å². The number of sulfonamides is 1. The van der Waals surface area contributed by atoms with Crippen LogP contribution in [-0.2, 0) is 19.6 Å². The summed E-state index contributed by atoms with van der Waals surface area (Å²) in [7, 11) is -3.60. The second-order valence-electron chi connectivity index (χ2n) is 5.64. The molecule has 1 aromatic heterocycles. The monoisotopic (exact) mass is 360 g/mol. The minimum absolute atomic E-state index is 0.0808. The molecule has 2 N–H and O–H groups in total. The summed E-state index contributed by atoms with van der Waals surface area (Å²) in [5.74, 6) is -2.06. The standard InChI is InChI=1S/C14H20N2O5S2/c1-9-5-6-12(22-9)23(20,21)16-7-3-4-11(8-16)13(17)15-10(2)14(18)19/h5-6,10-11H,3-4,7-8H2,1-2H3,(H,15,17)(H,18,19)/t10-,11?/m0/s1. The lowest BCUT2D eigenvalue weighted by molar-refractivity contribution is -0.142. The molecular weight excluding hydrogens is 340 g/mol. The normalized spacial score (nSPS) is 20.9. The van der Waals surface area contributed by atoms with Crippen LogP contribution in [0.4, 0.5) is 0 Å². The van der Waals surface area contributed by atoms with E-state index in [1.54, 1.807) is 12.1 Å². The van der Waals surface area contributed by atoms with Gasteiger partial charge in [-0.2, -0.15) is 4.31 Å². The molecule has 9 heteroatoms. The Morgan fingerprint density at radius 3 is 2.70 bits per heavy atom. The van der Waals surface area contributed by atoms with Crippen LogP contribution < -0.4 is 5.32 Å². The first-order valence-corrected chi connectivity index (χ1v) is 9.57. The summed E-state index contributed by atoms with van der Waals surface area (Å²) in [5, 5.41) is 11.2. The summed E-state index contributed by atoms with van der Waals surface area (Å²) in [6.07, 6.45) is 1.12. The lowest BCUT2D eigenvalue weighted by Gasteiger charge is -2.31. The van der Waals surface area contributed by atoms with Gasteiger partial charge in [-0.05, 0) is 38.8 Å². The lowest BCUT2D eigenvalue weighted by Crippen LogP contribution is -2.48. The molecule has 2 heterocycles. The van der Waals surface area contributed by atoms with Crippen LogP contribution in [0.15, 0.2) is 16.3 Å². The van der Waals surface area contributed by atoms with Gasteiger partial charge in [0.2, 0.25) is 5.91 Å². The van der Waals surface area contributed by atoms with Crippen molar-refractivity contribution in [3.63, 3.8) is 0 Å². The molecule has 1 amide bonds. The Kier molecular flexibility index (Phi) is 5.43. The molecule has 128 valence electrons. The Balaban J connectivity index is 2.09. The maximum Gasteiger partial charge on any atom is 0.325 e. The summed E-state index contributed by atoms with van der Waals surface area (Å²) < 4.78 is 26.8. The van der Waals surface area contributed by atoms with Crippen LogP contribution in [0.5, 0.6) is 0 Å². The second-order valence-corrected chi connectivity index (χ2v) is 9.09. The van der Waals surface area contributed by atoms with Crippen molar-refractivity contribution in [1.29, 1.82) is 0 Å². The van der Waals surface area contributed by atoms with Crippen LogP contribution in [0.2, 0.25) is 0 Å². The van der Waals surface area contributed by atoms with E-state index < -0.39 is 33.9 Å². The zero-order valence-corrected chi connectivity index (χ0v) is 14.6. The third-order valence-corrected chi connectivity index (χ3v) is 7.13. The van der Waals surface area contributed by atoms with E-state index in [4.69, 9.17) is 5.11 Å². The average Bonchev–Trinajstić information content (AvgIpc) is 2.94. The van der Waals surface area contributed by atoms with E-state index in [1.807, 2.05) is 6.92 Å². The first kappa shape index (κ1) is 17.9. The first-order chi connectivity index (χ1) is 10.7. The molecule has 0 radical (unpaired) electrons. The van der Waals surface area contributed by atoms with Crippen molar-refractivity contribution < 1.29 is 23.1 Å². The van der Waals surface area contributed by atoms with Crippen molar-refractivity contribution in [2.75, 3.05) is 13.1 Å². The van der Waals surface area contributed by atoms with Gasteiger partial charge in [-0.3, -0.25) is 9.59 Å². The number of carboxylic acids is 1. The maximum atomic E-state index is 12.6. The number of aryl methyl sites for hydroxylation is 1. The molecule has 0 saturated carbocycles. The van der Waals surface area contributed by atoms with E-state index in [0.717, 1.165) is 4.88 Å². The third kappa shape index (κ3) is 4.10. The minimum Gasteiger partial charge on any atom is -0.480 e. The number of thiophene rings is 1. The average molecular weight is 360 g/mol. The molecule has 1 saturated heterocycles. The fraction of sp³-hybridized carbons (Fsp3) is 0.571. The van der Waals surface area contributed by atoms with Crippen molar-refractivity contribution >= 4 is 33.2 Å². The topological polar surface area (TPSA) is 104 Å². The van der Waals surface area contributed by atoms with Crippen molar-refractivity contribution in [2.45, 2.75) is 36.9 Å². The number of nitrogens with zero attached hydrogens (tertiary/aromatic N) is 1. The van der Waals surface area contributed by atoms with E-state index in [1.165, 1.54) is 22.6 Å². The van der Waals surface area contributed by atoms with Gasteiger partial charge in [-0.1, -0.05) is 0 Å². The summed E-state index contributed by atoms with van der Waals surface area (Å²) in [5.41, 5.74) is 0. The van der Waals surface area contributed by atoms with Crippen LogP contribution >= 0.6 is 11.3 Å². The van der Waals surface area contributed by atoms with Gasteiger partial charge >= 0.3 is 5.97 Å². The van der Waals surface area contributed by atoms with E-state index >= 15 is 0 Å². The minimum atomic E-state index is -3.60. The quantitative estimate of drug-likeness (QED) is 0.817. The highest BCUT2D eigenvalue weighted by Crippen LogP contribution is 2.28. The predicted molar refractivity (Wildman–Crippen MR) is 85.8 cm³/mol. The summed E-state index contributed by atoms with van der Waals surface area (Å²) >= 11 is 1.20. The first-order valence-electron chi connectivity index (χ1n) is 7.31. The van der Waals surface area contributed by atoms with E-state index in [0.29, 0.717) is 19.4 Å². The number of nitrogens with one attached hydrogen (secondary N) is 1. The van der Waals surface area contributed by atoms with Gasteiger partial charge < -0.3 is 10.4 Å². The molecule has 0 aromatic carbocycles. The van der Waals surface area contributed by atoms with Crippen molar-refractivity contribution in [3.8, 4) is 0 Å². The summed E-state index contributed by atoms with van der Waals surface area (Å²) in [6.45, 7) is 3.67. The van der Waals surface area contributed by atoms with Gasteiger partial charge in [0.05, 0.1) is 5.92 Å². The highest BCUT2D eigenvalue weighted by atomic mass is 32.2. The Morgan fingerprint density at radius 1 is 1.43 bits per heavy atom. The lowest BCUT2D eigenvalue weighted by atomic mass is 9.98. The number of rotatable bonds is 5. The number of hydrogen-bond acceptors (Lipinski definition) is 5. The summed E-state index contributed by atoms with van der Waals surface area (Å²) in [6, 6.07) is 2.33. The maximum absolute atomic E-state index is 12.6. The molecule has 0 bridgehead atoms. The largest absolute Gasteiger partial charge is 0.480 e. The molecule has 23 heavy (non-hydrogen) atoms. The fourth-order valence-corrected chi connectivity index (χ4v) is 5.41. The van der Waals surface area contributed by atoms with E-state index in [-0.39, 0.29) is 10.8 Å². The molecule has 1 aliphatic heterocycles. The molecule has 0 spiro atoms. The Labute approximate surface area is 139 Å². The molecule has 0 aliphatic carbocycles. The number of carbonyl (C=O) groups excluding carboxylic acids is 1. The highest BCUT2D eigenvalue weighted by Gasteiger charge is 2.34. The molecule has 7 nitrogen and oxygen atoms in total. The van der Waals surface area contributed by atoms with Gasteiger partial charge in [-0.15, -0.1) is 11.3 Å². The Bertz CT molecular complexity index is 698. The number of carboxylic acid groups (broad SMARTS) is 1. The van der Waals surface area contributed by atoms with Gasteiger partial charge in [0.15, 0.2) is 0 Å². The summed E-state index contributed by atoms with van der Waals surface area (Å²) in [4.78, 5) is 23.8. The number of piperidine rings is 1. The number of aliphatic carboxylic acids is 1. The molecule has 2 rings (SSSR count). The number of carbonyl (C=O) groups is 2. The van der Waals surface area contributed by atoms with Crippen LogP contribution in [0.1, 0.15) is 24.6 Å². The second kappa shape index (κ2) is 6.98. The van der Waals surface area contributed by atoms with E-state index in [9.17, 15) is 18.0 Å². The van der Waals surface area contributed by atoms with E-state index in [2.05, 4.69) is 5.32 Å². The molecule has 1 fully saturated rings. The third-order valence-electron chi connectivity index (χ3n) is 3.79. The van der Waals surface area contributed by atoms with Gasteiger partial charge in [0.1, 0.15) is 10.3 Å². The van der Waals surface area contributed by atoms with Crippen LogP contribution in [0, 0.1) is 12.8 Å². The van der Waals surface area contributed by atoms with Crippen molar-refractivity contribution in [1.82, 2.24) is 9.62 Å². The Morgan fingerprint density at radius 2 is 2.13 bits per heavy atom. The SMILES string of the molecule is Cc1ccc(S(=O)(=O)N2CCCC(C(=O)N[C@@H](C)C(=O)O)C2)s1. The molecule has 1 aromatic rings. The zero-order valence-electron chi connectivity index (χ0n) is 13.0. The van der Waals surface area contributed by atoms with Crippen LogP contribution in [0.25, 0.3) is 0 Å². The molecule has 1 unspecified atom stereocenters. The van der Waals surface area contributed by atoms with Crippen LogP contribution in [0.3, 0.4) is 0 Å². The fourth-order valence-electron chi connectivity index (χ4n) is 2.45.